The molecule has 0 aliphatic rings. The number of hydrogen-bond acceptors (Lipinski definition) is 5. The van der Waals surface area contributed by atoms with Crippen LogP contribution in [0.4, 0.5) is 0 Å². The molecule has 0 aliphatic carbocycles. The zero-order valence-corrected chi connectivity index (χ0v) is 12.3. The summed E-state index contributed by atoms with van der Waals surface area (Å²) in [7, 11) is 0. The van der Waals surface area contributed by atoms with Crippen LogP contribution in [-0.4, -0.2) is 34.7 Å². The number of halogens is 1. The van der Waals surface area contributed by atoms with Gasteiger partial charge in [0.05, 0.1) is 18.8 Å². The maximum absolute atomic E-state index is 5.73. The maximum atomic E-state index is 5.73. The van der Waals surface area contributed by atoms with Crippen LogP contribution in [0, 0.1) is 0 Å². The van der Waals surface area contributed by atoms with E-state index in [0.29, 0.717) is 17.8 Å². The number of allylic oxidation sites excluding steroid dienone is 1. The van der Waals surface area contributed by atoms with E-state index in [0.717, 1.165) is 0 Å². The molecule has 0 aliphatic heterocycles. The van der Waals surface area contributed by atoms with Gasteiger partial charge in [0.15, 0.2) is 0 Å². The van der Waals surface area contributed by atoms with Gasteiger partial charge in [-0.2, -0.15) is 5.10 Å². The summed E-state index contributed by atoms with van der Waals surface area (Å²) >= 11 is 3.25. The normalized spacial score (nSPS) is 13.4. The van der Waals surface area contributed by atoms with Crippen LogP contribution >= 0.6 is 15.9 Å². The molecule has 0 amide bonds. The first-order chi connectivity index (χ1) is 8.44. The molecule has 6 nitrogen and oxygen atoms in total. The monoisotopic (exact) mass is 317 g/mol. The quantitative estimate of drug-likeness (QED) is 0.232. The lowest BCUT2D eigenvalue weighted by atomic mass is 10.1. The third-order valence-corrected chi connectivity index (χ3v) is 2.50. The molecule has 0 saturated carbocycles. The molecule has 4 N–H and O–H groups in total. The number of rotatable bonds is 8. The summed E-state index contributed by atoms with van der Waals surface area (Å²) in [5.41, 5.74) is -0.386. The van der Waals surface area contributed by atoms with Gasteiger partial charge >= 0.3 is 0 Å². The highest BCUT2D eigenvalue weighted by Crippen LogP contribution is 2.08. The first-order valence-electron chi connectivity index (χ1n) is 5.30. The Labute approximate surface area is 116 Å². The van der Waals surface area contributed by atoms with Crippen molar-refractivity contribution in [2.45, 2.75) is 19.4 Å². The molecule has 0 heterocycles. The van der Waals surface area contributed by atoms with Crippen LogP contribution in [0.2, 0.25) is 0 Å². The van der Waals surface area contributed by atoms with E-state index in [4.69, 9.17) is 16.4 Å². The fourth-order valence-corrected chi connectivity index (χ4v) is 1.29. The molecule has 102 valence electrons. The van der Waals surface area contributed by atoms with Gasteiger partial charge in [0.2, 0.25) is 0 Å². The van der Waals surface area contributed by atoms with Crippen LogP contribution in [0.15, 0.2) is 35.0 Å². The summed E-state index contributed by atoms with van der Waals surface area (Å²) in [6.45, 7) is 8.24. The molecule has 0 fully saturated rings. The van der Waals surface area contributed by atoms with Crippen LogP contribution in [0.25, 0.3) is 0 Å². The highest BCUT2D eigenvalue weighted by molar-refractivity contribution is 9.18. The molecular formula is C11H20BrN5O. The van der Waals surface area contributed by atoms with Gasteiger partial charge in [0.25, 0.3) is 0 Å². The average Bonchev–Trinajstić information content (AvgIpc) is 2.29. The number of aliphatic imine (C=N–C) groups is 1. The molecule has 0 spiro atoms. The summed E-state index contributed by atoms with van der Waals surface area (Å²) in [4.78, 5) is 3.92. The van der Waals surface area contributed by atoms with Crippen molar-refractivity contribution in [1.82, 2.24) is 5.01 Å². The number of hydrogen-bond donors (Lipinski definition) is 2. The van der Waals surface area contributed by atoms with Gasteiger partial charge in [-0.25, -0.2) is 5.84 Å². The Morgan fingerprint density at radius 2 is 2.22 bits per heavy atom. The van der Waals surface area contributed by atoms with E-state index in [9.17, 15) is 0 Å². The Hall–Kier alpha value is -1.18. The zero-order valence-electron chi connectivity index (χ0n) is 10.7. The molecule has 18 heavy (non-hydrogen) atoms. The van der Waals surface area contributed by atoms with Gasteiger partial charge in [-0.15, -0.1) is 0 Å². The van der Waals surface area contributed by atoms with Crippen LogP contribution in [0.1, 0.15) is 13.8 Å². The summed E-state index contributed by atoms with van der Waals surface area (Å²) < 4.78 is 6.17. The van der Waals surface area contributed by atoms with Crippen molar-refractivity contribution in [2.75, 3.05) is 13.2 Å². The summed E-state index contributed by atoms with van der Waals surface area (Å²) in [6.07, 6.45) is 6.44. The number of nitrogens with two attached hydrogens (primary N) is 2. The first-order valence-corrected chi connectivity index (χ1v) is 6.09. The fourth-order valence-electron chi connectivity index (χ4n) is 0.955. The van der Waals surface area contributed by atoms with Gasteiger partial charge in [0, 0.05) is 6.20 Å². The van der Waals surface area contributed by atoms with E-state index >= 15 is 0 Å². The van der Waals surface area contributed by atoms with Gasteiger partial charge < -0.3 is 10.6 Å². The lowest BCUT2D eigenvalue weighted by Crippen LogP contribution is -2.51. The topological polar surface area (TPSA) is 89.2 Å². The van der Waals surface area contributed by atoms with Crippen LogP contribution in [0.5, 0.6) is 0 Å². The molecule has 0 aromatic heterocycles. The second-order valence-electron chi connectivity index (χ2n) is 4.04. The predicted octanol–water partition coefficient (Wildman–Crippen LogP) is 1.35. The maximum Gasteiger partial charge on any atom is 0.125 e. The van der Waals surface area contributed by atoms with Crippen molar-refractivity contribution in [1.29, 1.82) is 0 Å². The molecular weight excluding hydrogens is 298 g/mol. The van der Waals surface area contributed by atoms with Crippen LogP contribution in [-0.2, 0) is 4.74 Å². The number of hydrazone groups is 1. The van der Waals surface area contributed by atoms with E-state index in [-0.39, 0.29) is 5.54 Å². The standard InChI is InChI=1S/C11H20BrN5O/c1-4-15-10(12)6-5-7-18-8-11(2,3)17(14)9-16-13/h4-6,9H,1,7-8,13-14H2,2-3H3/b6-5-,15-10?,16-9-. The van der Waals surface area contributed by atoms with E-state index in [1.807, 2.05) is 19.9 Å². The predicted molar refractivity (Wildman–Crippen MR) is 79.3 cm³/mol. The smallest absolute Gasteiger partial charge is 0.125 e. The minimum Gasteiger partial charge on any atom is -0.375 e. The van der Waals surface area contributed by atoms with Gasteiger partial charge in [-0.1, -0.05) is 12.7 Å². The number of ether oxygens (including phenoxy) is 1. The molecule has 0 atom stereocenters. The van der Waals surface area contributed by atoms with Crippen LogP contribution in [0.3, 0.4) is 0 Å². The van der Waals surface area contributed by atoms with Crippen molar-refractivity contribution in [3.63, 3.8) is 0 Å². The summed E-state index contributed by atoms with van der Waals surface area (Å²) in [6, 6.07) is 0. The molecule has 0 radical (unpaired) electrons. The van der Waals surface area contributed by atoms with Crippen molar-refractivity contribution in [2.24, 2.45) is 21.8 Å². The van der Waals surface area contributed by atoms with Crippen molar-refractivity contribution in [3.05, 3.63) is 24.9 Å². The van der Waals surface area contributed by atoms with Gasteiger partial charge in [0.1, 0.15) is 11.0 Å². The van der Waals surface area contributed by atoms with Gasteiger partial charge in [-0.3, -0.25) is 10.0 Å². The summed E-state index contributed by atoms with van der Waals surface area (Å²) in [5.74, 6) is 10.8. The van der Waals surface area contributed by atoms with E-state index < -0.39 is 0 Å². The first kappa shape index (κ1) is 16.8. The Bertz CT molecular complexity index is 338. The lowest BCUT2D eigenvalue weighted by molar-refractivity contribution is 0.0601. The average molecular weight is 318 g/mol. The van der Waals surface area contributed by atoms with Gasteiger partial charge in [-0.05, 0) is 35.9 Å². The molecule has 7 heteroatoms. The van der Waals surface area contributed by atoms with E-state index in [1.165, 1.54) is 17.5 Å². The Kier molecular flexibility index (Phi) is 8.27. The highest BCUT2D eigenvalue weighted by atomic mass is 79.9. The van der Waals surface area contributed by atoms with Crippen molar-refractivity contribution in [3.8, 4) is 0 Å². The second-order valence-corrected chi connectivity index (χ2v) is 4.85. The summed E-state index contributed by atoms with van der Waals surface area (Å²) in [5, 5.41) is 4.77. The minimum atomic E-state index is -0.386. The fraction of sp³-hybridized carbons (Fsp3) is 0.455. The molecule has 0 bridgehead atoms. The Balaban J connectivity index is 4.04. The lowest BCUT2D eigenvalue weighted by Gasteiger charge is -2.32. The van der Waals surface area contributed by atoms with Crippen LogP contribution < -0.4 is 11.7 Å². The van der Waals surface area contributed by atoms with Crippen molar-refractivity contribution < 1.29 is 4.74 Å². The second kappa shape index (κ2) is 8.84. The van der Waals surface area contributed by atoms with Crippen molar-refractivity contribution >= 4 is 26.9 Å². The number of hydrazine groups is 1. The largest absolute Gasteiger partial charge is 0.375 e. The SMILES string of the molecule is C=CN=C(Br)/C=C\COCC(C)(C)N(N)/C=N\N. The molecule has 0 saturated heterocycles. The van der Waals surface area contributed by atoms with E-state index in [2.05, 4.69) is 32.6 Å². The Morgan fingerprint density at radius 3 is 2.78 bits per heavy atom. The van der Waals surface area contributed by atoms with E-state index in [1.54, 1.807) is 6.08 Å². The third kappa shape index (κ3) is 7.21. The third-order valence-electron chi connectivity index (χ3n) is 2.03. The molecule has 0 aromatic carbocycles. The zero-order chi connectivity index (χ0) is 14.0. The minimum absolute atomic E-state index is 0.386. The molecule has 0 unspecified atom stereocenters. The molecule has 0 rings (SSSR count). The Morgan fingerprint density at radius 1 is 1.56 bits per heavy atom. The highest BCUT2D eigenvalue weighted by Gasteiger charge is 2.22. The number of nitrogens with zero attached hydrogens (tertiary/aromatic N) is 3. The molecule has 0 aromatic rings.